The molecule has 94 valence electrons. The minimum atomic E-state index is -0.123. The van der Waals surface area contributed by atoms with Gasteiger partial charge in [0.15, 0.2) is 0 Å². The maximum Gasteiger partial charge on any atom is 0.126 e. The van der Waals surface area contributed by atoms with E-state index >= 15 is 0 Å². The van der Waals surface area contributed by atoms with E-state index in [0.29, 0.717) is 0 Å². The maximum atomic E-state index is 13.3. The molecule has 0 radical (unpaired) electrons. The summed E-state index contributed by atoms with van der Waals surface area (Å²) in [5.74, 6) is -0.123. The summed E-state index contributed by atoms with van der Waals surface area (Å²) >= 11 is 0. The molecule has 1 aliphatic heterocycles. The fourth-order valence-electron chi connectivity index (χ4n) is 2.33. The molecule has 1 N–H and O–H groups in total. The van der Waals surface area contributed by atoms with Crippen molar-refractivity contribution in [2.45, 2.75) is 32.7 Å². The number of hydrogen-bond acceptors (Lipinski definition) is 2. The van der Waals surface area contributed by atoms with Crippen LogP contribution in [0.3, 0.4) is 0 Å². The van der Waals surface area contributed by atoms with Gasteiger partial charge in [-0.25, -0.2) is 4.39 Å². The lowest BCUT2D eigenvalue weighted by Crippen LogP contribution is -2.58. The van der Waals surface area contributed by atoms with Crippen molar-refractivity contribution in [3.63, 3.8) is 0 Å². The molecule has 0 spiro atoms. The first-order valence-electron chi connectivity index (χ1n) is 6.30. The Kier molecular flexibility index (Phi) is 3.38. The van der Waals surface area contributed by atoms with Crippen LogP contribution in [0.2, 0.25) is 0 Å². The first kappa shape index (κ1) is 12.4. The smallest absolute Gasteiger partial charge is 0.126 e. The molecule has 1 heterocycles. The van der Waals surface area contributed by atoms with Crippen LogP contribution in [0.5, 0.6) is 0 Å². The van der Waals surface area contributed by atoms with Gasteiger partial charge >= 0.3 is 0 Å². The second-order valence-corrected chi connectivity index (χ2v) is 5.20. The van der Waals surface area contributed by atoms with Gasteiger partial charge in [-0.15, -0.1) is 0 Å². The number of anilines is 1. The number of rotatable bonds is 2. The summed E-state index contributed by atoms with van der Waals surface area (Å²) < 4.78 is 13.3. The molecule has 1 fully saturated rings. The lowest BCUT2D eigenvalue weighted by Gasteiger charge is -2.42. The molecule has 1 unspecified atom stereocenters. The number of aryl methyl sites for hydroxylation is 1. The number of nitrogens with zero attached hydrogens (tertiary/aromatic N) is 1. The van der Waals surface area contributed by atoms with Crippen molar-refractivity contribution in [1.82, 2.24) is 5.32 Å². The Labute approximate surface area is 103 Å². The van der Waals surface area contributed by atoms with Gasteiger partial charge in [0.25, 0.3) is 0 Å². The van der Waals surface area contributed by atoms with Crippen LogP contribution in [0.15, 0.2) is 18.2 Å². The third-order valence-corrected chi connectivity index (χ3v) is 3.76. The highest BCUT2D eigenvalue weighted by Gasteiger charge is 2.28. The highest BCUT2D eigenvalue weighted by molar-refractivity contribution is 5.49. The summed E-state index contributed by atoms with van der Waals surface area (Å²) in [6.45, 7) is 9.22. The van der Waals surface area contributed by atoms with E-state index < -0.39 is 0 Å². The van der Waals surface area contributed by atoms with Crippen molar-refractivity contribution in [2.24, 2.45) is 0 Å². The van der Waals surface area contributed by atoms with Gasteiger partial charge in [-0.3, -0.25) is 0 Å². The van der Waals surface area contributed by atoms with E-state index in [9.17, 15) is 4.39 Å². The van der Waals surface area contributed by atoms with Gasteiger partial charge in [0.05, 0.1) is 0 Å². The normalized spacial score (nSPS) is 25.1. The summed E-state index contributed by atoms with van der Waals surface area (Å²) in [4.78, 5) is 2.34. The summed E-state index contributed by atoms with van der Waals surface area (Å²) in [7, 11) is 0. The van der Waals surface area contributed by atoms with Crippen molar-refractivity contribution in [2.75, 3.05) is 24.5 Å². The first-order valence-corrected chi connectivity index (χ1v) is 6.30. The maximum absolute atomic E-state index is 13.3. The molecular weight excluding hydrogens is 215 g/mol. The summed E-state index contributed by atoms with van der Waals surface area (Å²) in [6, 6.07) is 5.39. The number of benzene rings is 1. The Morgan fingerprint density at radius 3 is 2.88 bits per heavy atom. The third-order valence-electron chi connectivity index (χ3n) is 3.76. The van der Waals surface area contributed by atoms with Crippen LogP contribution in [0.25, 0.3) is 0 Å². The molecule has 0 bridgehead atoms. The summed E-state index contributed by atoms with van der Waals surface area (Å²) in [5.41, 5.74) is 2.02. The van der Waals surface area contributed by atoms with Gasteiger partial charge in [-0.05, 0) is 44.0 Å². The second kappa shape index (κ2) is 4.65. The minimum Gasteiger partial charge on any atom is -0.368 e. The molecule has 0 saturated carbocycles. The van der Waals surface area contributed by atoms with Gasteiger partial charge in [0.2, 0.25) is 0 Å². The van der Waals surface area contributed by atoms with E-state index in [1.165, 1.54) is 0 Å². The average Bonchev–Trinajstić information content (AvgIpc) is 2.33. The lowest BCUT2D eigenvalue weighted by molar-refractivity contribution is 0.314. The summed E-state index contributed by atoms with van der Waals surface area (Å²) in [5, 5.41) is 3.56. The molecule has 3 heteroatoms. The monoisotopic (exact) mass is 236 g/mol. The molecule has 1 aliphatic rings. The molecule has 0 aliphatic carbocycles. The van der Waals surface area contributed by atoms with E-state index in [2.05, 4.69) is 24.1 Å². The Hall–Kier alpha value is -1.09. The number of piperazine rings is 1. The highest BCUT2D eigenvalue weighted by atomic mass is 19.1. The number of nitrogens with one attached hydrogen (secondary N) is 1. The molecule has 2 nitrogen and oxygen atoms in total. The third kappa shape index (κ3) is 2.60. The standard InChI is InChI=1S/C14H21FN2/c1-4-14(3)10-17(8-7-16-14)12-5-6-13(15)11(2)9-12/h5-6,9,16H,4,7-8,10H2,1-3H3. The van der Waals surface area contributed by atoms with Gasteiger partial charge in [0, 0.05) is 30.9 Å². The van der Waals surface area contributed by atoms with Gasteiger partial charge in [-0.2, -0.15) is 0 Å². The van der Waals surface area contributed by atoms with E-state index in [4.69, 9.17) is 0 Å². The second-order valence-electron chi connectivity index (χ2n) is 5.20. The Morgan fingerprint density at radius 2 is 2.24 bits per heavy atom. The molecular formula is C14H21FN2. The fourth-order valence-corrected chi connectivity index (χ4v) is 2.33. The van der Waals surface area contributed by atoms with Crippen molar-refractivity contribution < 1.29 is 4.39 Å². The zero-order valence-corrected chi connectivity index (χ0v) is 10.9. The molecule has 17 heavy (non-hydrogen) atoms. The molecule has 1 saturated heterocycles. The zero-order valence-electron chi connectivity index (χ0n) is 10.9. The van der Waals surface area contributed by atoms with Crippen LogP contribution in [-0.4, -0.2) is 25.2 Å². The van der Waals surface area contributed by atoms with Crippen LogP contribution in [0.4, 0.5) is 10.1 Å². The predicted octanol–water partition coefficient (Wildman–Crippen LogP) is 2.71. The summed E-state index contributed by atoms with van der Waals surface area (Å²) in [6.07, 6.45) is 1.10. The lowest BCUT2D eigenvalue weighted by atomic mass is 9.95. The quantitative estimate of drug-likeness (QED) is 0.849. The molecule has 1 atom stereocenters. The topological polar surface area (TPSA) is 15.3 Å². The fraction of sp³-hybridized carbons (Fsp3) is 0.571. The van der Waals surface area contributed by atoms with Crippen molar-refractivity contribution in [3.05, 3.63) is 29.6 Å². The molecule has 0 aromatic heterocycles. The number of hydrogen-bond donors (Lipinski definition) is 1. The highest BCUT2D eigenvalue weighted by Crippen LogP contribution is 2.23. The largest absolute Gasteiger partial charge is 0.368 e. The Morgan fingerprint density at radius 1 is 1.47 bits per heavy atom. The van der Waals surface area contributed by atoms with Crippen LogP contribution >= 0.6 is 0 Å². The Bertz CT molecular complexity index is 405. The average molecular weight is 236 g/mol. The minimum absolute atomic E-state index is 0.123. The Balaban J connectivity index is 2.19. The first-order chi connectivity index (χ1) is 8.04. The van der Waals surface area contributed by atoms with E-state index in [0.717, 1.165) is 37.3 Å². The van der Waals surface area contributed by atoms with Crippen LogP contribution in [-0.2, 0) is 0 Å². The van der Waals surface area contributed by atoms with Crippen molar-refractivity contribution >= 4 is 5.69 Å². The molecule has 0 amide bonds. The number of halogens is 1. The van der Waals surface area contributed by atoms with E-state index in [-0.39, 0.29) is 11.4 Å². The predicted molar refractivity (Wildman–Crippen MR) is 70.0 cm³/mol. The van der Waals surface area contributed by atoms with E-state index in [1.807, 2.05) is 19.1 Å². The van der Waals surface area contributed by atoms with Gasteiger partial charge in [0.1, 0.15) is 5.82 Å². The van der Waals surface area contributed by atoms with Crippen molar-refractivity contribution in [3.8, 4) is 0 Å². The van der Waals surface area contributed by atoms with E-state index in [1.54, 1.807) is 6.07 Å². The molecule has 1 aromatic rings. The SMILES string of the molecule is CCC1(C)CN(c2ccc(F)c(C)c2)CCN1. The zero-order chi connectivity index (χ0) is 12.5. The van der Waals surface area contributed by atoms with Crippen LogP contribution in [0, 0.1) is 12.7 Å². The van der Waals surface area contributed by atoms with Crippen LogP contribution < -0.4 is 10.2 Å². The van der Waals surface area contributed by atoms with Crippen molar-refractivity contribution in [1.29, 1.82) is 0 Å². The van der Waals surface area contributed by atoms with Gasteiger partial charge < -0.3 is 10.2 Å². The molecule has 1 aromatic carbocycles. The molecule has 2 rings (SSSR count). The van der Waals surface area contributed by atoms with Gasteiger partial charge in [-0.1, -0.05) is 6.92 Å². The van der Waals surface area contributed by atoms with Crippen LogP contribution in [0.1, 0.15) is 25.8 Å².